The molecule has 0 aromatic heterocycles. The molecule has 1 aliphatic carbocycles. The highest BCUT2D eigenvalue weighted by molar-refractivity contribution is 5.53. The molecule has 2 rings (SSSR count). The second-order valence-electron chi connectivity index (χ2n) is 4.01. The van der Waals surface area contributed by atoms with Gasteiger partial charge in [0.05, 0.1) is 14.2 Å². The Labute approximate surface area is 96.8 Å². The van der Waals surface area contributed by atoms with Crippen molar-refractivity contribution in [3.63, 3.8) is 0 Å². The minimum Gasteiger partial charge on any atom is -0.496 e. The first-order valence-electron chi connectivity index (χ1n) is 5.79. The molecule has 1 aromatic rings. The van der Waals surface area contributed by atoms with Crippen LogP contribution in [0.3, 0.4) is 0 Å². The molecule has 1 unspecified atom stereocenters. The van der Waals surface area contributed by atoms with E-state index < -0.39 is 0 Å². The van der Waals surface area contributed by atoms with E-state index >= 15 is 0 Å². The van der Waals surface area contributed by atoms with Crippen LogP contribution in [0.5, 0.6) is 11.5 Å². The first kappa shape index (κ1) is 11.3. The van der Waals surface area contributed by atoms with Crippen molar-refractivity contribution in [1.29, 1.82) is 0 Å². The molecule has 16 heavy (non-hydrogen) atoms. The van der Waals surface area contributed by atoms with Gasteiger partial charge in [-0.2, -0.15) is 0 Å². The van der Waals surface area contributed by atoms with Gasteiger partial charge >= 0.3 is 0 Å². The van der Waals surface area contributed by atoms with Crippen LogP contribution in [0.1, 0.15) is 30.5 Å². The third-order valence-corrected chi connectivity index (χ3v) is 3.20. The molecule has 0 saturated carbocycles. The summed E-state index contributed by atoms with van der Waals surface area (Å²) < 4.78 is 10.8. The molecule has 0 aliphatic heterocycles. The fourth-order valence-electron chi connectivity index (χ4n) is 2.52. The highest BCUT2D eigenvalue weighted by atomic mass is 16.5. The molecule has 0 heterocycles. The van der Waals surface area contributed by atoms with E-state index in [9.17, 15) is 0 Å². The zero-order chi connectivity index (χ0) is 11.5. The van der Waals surface area contributed by atoms with Crippen molar-refractivity contribution >= 4 is 0 Å². The van der Waals surface area contributed by atoms with E-state index in [4.69, 9.17) is 9.47 Å². The van der Waals surface area contributed by atoms with Crippen LogP contribution in [-0.4, -0.2) is 20.8 Å². The van der Waals surface area contributed by atoms with E-state index in [1.807, 2.05) is 12.1 Å². The molecular formula is C13H19NO2. The Hall–Kier alpha value is -1.22. The van der Waals surface area contributed by atoms with Crippen molar-refractivity contribution < 1.29 is 9.47 Å². The molecule has 0 saturated heterocycles. The van der Waals surface area contributed by atoms with Gasteiger partial charge in [-0.3, -0.25) is 0 Å². The number of nitrogens with one attached hydrogen (secondary N) is 1. The predicted molar refractivity (Wildman–Crippen MR) is 64.3 cm³/mol. The summed E-state index contributed by atoms with van der Waals surface area (Å²) >= 11 is 0. The predicted octanol–water partition coefficient (Wildman–Crippen LogP) is 2.30. The molecular weight excluding hydrogens is 202 g/mol. The Bertz CT molecular complexity index is 376. The van der Waals surface area contributed by atoms with Crippen LogP contribution in [0.4, 0.5) is 0 Å². The minimum atomic E-state index is 0.407. The zero-order valence-electron chi connectivity index (χ0n) is 10.2. The van der Waals surface area contributed by atoms with Crippen molar-refractivity contribution in [2.24, 2.45) is 0 Å². The van der Waals surface area contributed by atoms with Gasteiger partial charge in [0.25, 0.3) is 0 Å². The van der Waals surface area contributed by atoms with Crippen molar-refractivity contribution in [2.75, 3.05) is 20.8 Å². The number of hydrogen-bond acceptors (Lipinski definition) is 3. The SMILES string of the molecule is CCNC1CCc2c(OC)ccc(OC)c21. The maximum Gasteiger partial charge on any atom is 0.124 e. The van der Waals surface area contributed by atoms with Crippen LogP contribution < -0.4 is 14.8 Å². The number of fused-ring (bicyclic) bond motifs is 1. The first-order chi connectivity index (χ1) is 7.81. The van der Waals surface area contributed by atoms with E-state index in [0.717, 1.165) is 30.9 Å². The van der Waals surface area contributed by atoms with Gasteiger partial charge in [0.2, 0.25) is 0 Å². The summed E-state index contributed by atoms with van der Waals surface area (Å²) in [6.07, 6.45) is 2.19. The van der Waals surface area contributed by atoms with E-state index in [1.165, 1.54) is 11.1 Å². The quantitative estimate of drug-likeness (QED) is 0.846. The summed E-state index contributed by atoms with van der Waals surface area (Å²) in [7, 11) is 3.45. The molecule has 1 atom stereocenters. The lowest BCUT2D eigenvalue weighted by Gasteiger charge is -2.17. The molecule has 88 valence electrons. The van der Waals surface area contributed by atoms with Crippen LogP contribution in [-0.2, 0) is 6.42 Å². The van der Waals surface area contributed by atoms with Crippen molar-refractivity contribution in [3.8, 4) is 11.5 Å². The van der Waals surface area contributed by atoms with Gasteiger partial charge in [-0.15, -0.1) is 0 Å². The summed E-state index contributed by atoms with van der Waals surface area (Å²) in [6.45, 7) is 3.11. The summed E-state index contributed by atoms with van der Waals surface area (Å²) in [5.74, 6) is 1.95. The third kappa shape index (κ3) is 1.76. The fourth-order valence-corrected chi connectivity index (χ4v) is 2.52. The van der Waals surface area contributed by atoms with Crippen molar-refractivity contribution in [3.05, 3.63) is 23.3 Å². The second kappa shape index (κ2) is 4.74. The Balaban J connectivity index is 2.44. The van der Waals surface area contributed by atoms with Crippen molar-refractivity contribution in [2.45, 2.75) is 25.8 Å². The van der Waals surface area contributed by atoms with Crippen LogP contribution in [0.2, 0.25) is 0 Å². The standard InChI is InChI=1S/C13H19NO2/c1-4-14-10-6-5-9-11(15-2)7-8-12(16-3)13(9)10/h7-8,10,14H,4-6H2,1-3H3. The summed E-state index contributed by atoms with van der Waals surface area (Å²) in [6, 6.07) is 4.39. The molecule has 1 aliphatic rings. The maximum absolute atomic E-state index is 5.44. The second-order valence-corrected chi connectivity index (χ2v) is 4.01. The molecule has 0 spiro atoms. The number of benzene rings is 1. The van der Waals surface area contributed by atoms with Gasteiger partial charge in [-0.1, -0.05) is 6.92 Å². The smallest absolute Gasteiger partial charge is 0.124 e. The monoisotopic (exact) mass is 221 g/mol. The topological polar surface area (TPSA) is 30.5 Å². The lowest BCUT2D eigenvalue weighted by atomic mass is 10.1. The van der Waals surface area contributed by atoms with E-state index in [-0.39, 0.29) is 0 Å². The van der Waals surface area contributed by atoms with Crippen LogP contribution >= 0.6 is 0 Å². The summed E-state index contributed by atoms with van der Waals surface area (Å²) in [4.78, 5) is 0. The Morgan fingerprint density at radius 3 is 2.56 bits per heavy atom. The van der Waals surface area contributed by atoms with Crippen LogP contribution in [0.15, 0.2) is 12.1 Å². The number of methoxy groups -OCH3 is 2. The molecule has 0 bridgehead atoms. The van der Waals surface area contributed by atoms with Crippen molar-refractivity contribution in [1.82, 2.24) is 5.32 Å². The summed E-state index contributed by atoms with van der Waals surface area (Å²) in [5, 5.41) is 3.49. The first-order valence-corrected chi connectivity index (χ1v) is 5.79. The molecule has 3 nitrogen and oxygen atoms in total. The number of ether oxygens (including phenoxy) is 2. The van der Waals surface area contributed by atoms with Gasteiger partial charge in [-0.25, -0.2) is 0 Å². The van der Waals surface area contributed by atoms with Gasteiger partial charge in [0.15, 0.2) is 0 Å². The minimum absolute atomic E-state index is 0.407. The molecule has 0 radical (unpaired) electrons. The number of rotatable bonds is 4. The lowest BCUT2D eigenvalue weighted by Crippen LogP contribution is -2.18. The Kier molecular flexibility index (Phi) is 3.34. The molecule has 1 aromatic carbocycles. The summed E-state index contributed by atoms with van der Waals surface area (Å²) in [5.41, 5.74) is 2.58. The third-order valence-electron chi connectivity index (χ3n) is 3.20. The van der Waals surface area contributed by atoms with E-state index in [1.54, 1.807) is 14.2 Å². The molecule has 0 fully saturated rings. The highest BCUT2D eigenvalue weighted by Gasteiger charge is 2.28. The average Bonchev–Trinajstić information content (AvgIpc) is 2.73. The van der Waals surface area contributed by atoms with Gasteiger partial charge in [0, 0.05) is 17.2 Å². The average molecular weight is 221 g/mol. The highest BCUT2D eigenvalue weighted by Crippen LogP contribution is 2.42. The van der Waals surface area contributed by atoms with E-state index in [0.29, 0.717) is 6.04 Å². The zero-order valence-corrected chi connectivity index (χ0v) is 10.2. The molecule has 1 N–H and O–H groups in total. The van der Waals surface area contributed by atoms with Gasteiger partial charge < -0.3 is 14.8 Å². The maximum atomic E-state index is 5.44. The van der Waals surface area contributed by atoms with Crippen LogP contribution in [0, 0.1) is 0 Å². The van der Waals surface area contributed by atoms with Gasteiger partial charge in [0.1, 0.15) is 11.5 Å². The Morgan fingerprint density at radius 2 is 1.94 bits per heavy atom. The number of hydrogen-bond donors (Lipinski definition) is 1. The van der Waals surface area contributed by atoms with E-state index in [2.05, 4.69) is 12.2 Å². The van der Waals surface area contributed by atoms with Gasteiger partial charge in [-0.05, 0) is 31.5 Å². The lowest BCUT2D eigenvalue weighted by molar-refractivity contribution is 0.393. The largest absolute Gasteiger partial charge is 0.496 e. The Morgan fingerprint density at radius 1 is 1.25 bits per heavy atom. The van der Waals surface area contributed by atoms with Crippen LogP contribution in [0.25, 0.3) is 0 Å². The normalized spacial score (nSPS) is 18.3. The molecule has 3 heteroatoms. The molecule has 0 amide bonds. The fraction of sp³-hybridized carbons (Fsp3) is 0.538.